The van der Waals surface area contributed by atoms with Gasteiger partial charge in [0, 0.05) is 26.2 Å². The zero-order chi connectivity index (χ0) is 18.0. The summed E-state index contributed by atoms with van der Waals surface area (Å²) < 4.78 is 8.28. The lowest BCUT2D eigenvalue weighted by atomic mass is 10.1. The van der Waals surface area contributed by atoms with Gasteiger partial charge in [-0.3, -0.25) is 13.9 Å². The molecule has 130 valence electrons. The Hall–Kier alpha value is -3.02. The Labute approximate surface area is 145 Å². The third kappa shape index (κ3) is 3.42. The number of nitrogens with one attached hydrogen (secondary N) is 1. The Kier molecular flexibility index (Phi) is 4.61. The van der Waals surface area contributed by atoms with Gasteiger partial charge < -0.3 is 10.1 Å². The van der Waals surface area contributed by atoms with Crippen LogP contribution in [0.2, 0.25) is 0 Å². The monoisotopic (exact) mass is 339 g/mol. The van der Waals surface area contributed by atoms with E-state index < -0.39 is 0 Å². The van der Waals surface area contributed by atoms with Crippen LogP contribution in [-0.4, -0.2) is 22.2 Å². The largest absolute Gasteiger partial charge is 0.497 e. The van der Waals surface area contributed by atoms with Crippen molar-refractivity contribution in [1.29, 1.82) is 0 Å². The van der Waals surface area contributed by atoms with E-state index in [-0.39, 0.29) is 11.6 Å². The Bertz CT molecular complexity index is 968. The third-order valence-corrected chi connectivity index (χ3v) is 4.36. The molecule has 0 aliphatic carbocycles. The van der Waals surface area contributed by atoms with Crippen LogP contribution in [0.1, 0.15) is 12.0 Å². The van der Waals surface area contributed by atoms with Crippen LogP contribution in [0.5, 0.6) is 5.75 Å². The Morgan fingerprint density at radius 3 is 2.40 bits per heavy atom. The fourth-order valence-electron chi connectivity index (χ4n) is 2.86. The summed E-state index contributed by atoms with van der Waals surface area (Å²) >= 11 is 0. The average molecular weight is 339 g/mol. The van der Waals surface area contributed by atoms with E-state index >= 15 is 0 Å². The molecular formula is C19H21N3O3. The summed E-state index contributed by atoms with van der Waals surface area (Å²) in [6.45, 7) is 0. The van der Waals surface area contributed by atoms with Crippen LogP contribution in [0.25, 0.3) is 11.0 Å². The van der Waals surface area contributed by atoms with Crippen LogP contribution in [0.3, 0.4) is 0 Å². The quantitative estimate of drug-likeness (QED) is 0.776. The summed E-state index contributed by atoms with van der Waals surface area (Å²) in [6.07, 6.45) is 1.04. The zero-order valence-electron chi connectivity index (χ0n) is 14.6. The molecule has 0 saturated heterocycles. The summed E-state index contributed by atoms with van der Waals surface area (Å²) in [5.74, 6) is 0.742. The highest BCUT2D eigenvalue weighted by Crippen LogP contribution is 2.18. The van der Waals surface area contributed by atoms with Gasteiger partial charge in [-0.1, -0.05) is 12.1 Å². The molecule has 6 heteroatoms. The molecule has 3 rings (SSSR count). The number of methoxy groups -OCH3 is 1. The van der Waals surface area contributed by atoms with Gasteiger partial charge in [0.2, 0.25) is 5.91 Å². The summed E-state index contributed by atoms with van der Waals surface area (Å²) in [4.78, 5) is 24.1. The van der Waals surface area contributed by atoms with Crippen molar-refractivity contribution in [3.8, 4) is 5.75 Å². The minimum atomic E-state index is -0.0852. The lowest BCUT2D eigenvalue weighted by Gasteiger charge is -2.07. The predicted molar refractivity (Wildman–Crippen MR) is 98.1 cm³/mol. The smallest absolute Gasteiger partial charge is 0.328 e. The second kappa shape index (κ2) is 6.84. The van der Waals surface area contributed by atoms with Crippen LogP contribution in [0.4, 0.5) is 5.69 Å². The first-order valence-electron chi connectivity index (χ1n) is 8.08. The molecule has 0 unspecified atom stereocenters. The average Bonchev–Trinajstić information content (AvgIpc) is 2.84. The van der Waals surface area contributed by atoms with Crippen LogP contribution in [0, 0.1) is 0 Å². The first-order valence-corrected chi connectivity index (χ1v) is 8.08. The molecule has 0 aliphatic heterocycles. The number of amides is 1. The summed E-state index contributed by atoms with van der Waals surface area (Å²) in [5.41, 5.74) is 3.31. The van der Waals surface area contributed by atoms with Gasteiger partial charge in [0.05, 0.1) is 18.1 Å². The van der Waals surface area contributed by atoms with Crippen LogP contribution >= 0.6 is 0 Å². The summed E-state index contributed by atoms with van der Waals surface area (Å²) in [6, 6.07) is 13.2. The Morgan fingerprint density at radius 2 is 1.72 bits per heavy atom. The number of hydrogen-bond acceptors (Lipinski definition) is 3. The van der Waals surface area contributed by atoms with Crippen molar-refractivity contribution in [3.05, 3.63) is 58.5 Å². The molecule has 0 spiro atoms. The predicted octanol–water partition coefficient (Wildman–Crippen LogP) is 2.46. The molecule has 1 aromatic heterocycles. The van der Waals surface area contributed by atoms with E-state index in [1.54, 1.807) is 30.3 Å². The van der Waals surface area contributed by atoms with E-state index in [2.05, 4.69) is 5.32 Å². The molecule has 0 atom stereocenters. The van der Waals surface area contributed by atoms with Gasteiger partial charge in [-0.15, -0.1) is 0 Å². The normalized spacial score (nSPS) is 10.8. The standard InChI is InChI=1S/C19H21N3O3/c1-21-16-10-7-14(12-17(16)22(2)19(21)24)20-18(23)11-6-13-4-8-15(25-3)9-5-13/h4-5,7-10,12H,6,11H2,1-3H3,(H,20,23). The number of aromatic nitrogens is 2. The number of aryl methyl sites for hydroxylation is 3. The molecule has 0 bridgehead atoms. The number of nitrogens with zero attached hydrogens (tertiary/aromatic N) is 2. The number of anilines is 1. The minimum Gasteiger partial charge on any atom is -0.497 e. The third-order valence-electron chi connectivity index (χ3n) is 4.36. The van der Waals surface area contributed by atoms with Crippen molar-refractivity contribution in [2.24, 2.45) is 14.1 Å². The van der Waals surface area contributed by atoms with Crippen LogP contribution in [-0.2, 0) is 25.3 Å². The summed E-state index contributed by atoms with van der Waals surface area (Å²) in [5, 5.41) is 2.89. The zero-order valence-corrected chi connectivity index (χ0v) is 14.6. The Balaban J connectivity index is 1.67. The van der Waals surface area contributed by atoms with Crippen molar-refractivity contribution in [1.82, 2.24) is 9.13 Å². The highest BCUT2D eigenvalue weighted by molar-refractivity contribution is 5.93. The highest BCUT2D eigenvalue weighted by atomic mass is 16.5. The fraction of sp³-hybridized carbons (Fsp3) is 0.263. The molecule has 1 heterocycles. The molecule has 25 heavy (non-hydrogen) atoms. The van der Waals surface area contributed by atoms with E-state index in [1.165, 1.54) is 0 Å². The second-order valence-electron chi connectivity index (χ2n) is 6.00. The molecule has 1 N–H and O–H groups in total. The number of carbonyl (C=O) groups is 1. The van der Waals surface area contributed by atoms with E-state index in [4.69, 9.17) is 4.74 Å². The van der Waals surface area contributed by atoms with Crippen LogP contribution < -0.4 is 15.7 Å². The van der Waals surface area contributed by atoms with Gasteiger partial charge in [0.25, 0.3) is 0 Å². The maximum atomic E-state index is 12.2. The van der Waals surface area contributed by atoms with E-state index in [1.807, 2.05) is 42.5 Å². The van der Waals surface area contributed by atoms with Crippen molar-refractivity contribution in [3.63, 3.8) is 0 Å². The number of imidazole rings is 1. The van der Waals surface area contributed by atoms with Crippen molar-refractivity contribution in [2.45, 2.75) is 12.8 Å². The van der Waals surface area contributed by atoms with Gasteiger partial charge in [-0.2, -0.15) is 0 Å². The molecule has 0 aliphatic rings. The van der Waals surface area contributed by atoms with Gasteiger partial charge in [-0.25, -0.2) is 4.79 Å². The first-order chi connectivity index (χ1) is 12.0. The molecule has 2 aromatic carbocycles. The first kappa shape index (κ1) is 16.8. The highest BCUT2D eigenvalue weighted by Gasteiger charge is 2.09. The topological polar surface area (TPSA) is 65.3 Å². The van der Waals surface area contributed by atoms with Gasteiger partial charge in [-0.05, 0) is 42.3 Å². The molecule has 3 aromatic rings. The van der Waals surface area contributed by atoms with E-state index in [0.717, 1.165) is 22.3 Å². The second-order valence-corrected chi connectivity index (χ2v) is 6.00. The van der Waals surface area contributed by atoms with Crippen molar-refractivity contribution in [2.75, 3.05) is 12.4 Å². The maximum absolute atomic E-state index is 12.2. The number of benzene rings is 2. The molecule has 0 saturated carbocycles. The van der Waals surface area contributed by atoms with Gasteiger partial charge in [0.15, 0.2) is 0 Å². The van der Waals surface area contributed by atoms with Crippen LogP contribution in [0.15, 0.2) is 47.3 Å². The lowest BCUT2D eigenvalue weighted by Crippen LogP contribution is -2.19. The number of ether oxygens (including phenoxy) is 1. The number of carbonyl (C=O) groups excluding carboxylic acids is 1. The maximum Gasteiger partial charge on any atom is 0.328 e. The number of hydrogen-bond donors (Lipinski definition) is 1. The molecule has 1 amide bonds. The molecule has 0 radical (unpaired) electrons. The SMILES string of the molecule is COc1ccc(CCC(=O)Nc2ccc3c(c2)n(C)c(=O)n3C)cc1. The van der Waals surface area contributed by atoms with Gasteiger partial charge in [0.1, 0.15) is 5.75 Å². The molecule has 0 fully saturated rings. The lowest BCUT2D eigenvalue weighted by molar-refractivity contribution is -0.116. The number of fused-ring (bicyclic) bond motifs is 1. The molecule has 6 nitrogen and oxygen atoms in total. The Morgan fingerprint density at radius 1 is 1.04 bits per heavy atom. The summed E-state index contributed by atoms with van der Waals surface area (Å²) in [7, 11) is 5.08. The van der Waals surface area contributed by atoms with Crippen molar-refractivity contribution < 1.29 is 9.53 Å². The minimum absolute atomic E-state index is 0.0592. The molecular weight excluding hydrogens is 318 g/mol. The van der Waals surface area contributed by atoms with E-state index in [0.29, 0.717) is 18.5 Å². The van der Waals surface area contributed by atoms with E-state index in [9.17, 15) is 9.59 Å². The fourth-order valence-corrected chi connectivity index (χ4v) is 2.86. The van der Waals surface area contributed by atoms with Gasteiger partial charge >= 0.3 is 5.69 Å². The van der Waals surface area contributed by atoms with Crippen molar-refractivity contribution >= 4 is 22.6 Å². The number of rotatable bonds is 5.